The van der Waals surface area contributed by atoms with Gasteiger partial charge in [0, 0.05) is 10.7 Å². The van der Waals surface area contributed by atoms with E-state index in [2.05, 4.69) is 16.4 Å². The molecule has 0 unspecified atom stereocenters. The van der Waals surface area contributed by atoms with E-state index in [9.17, 15) is 4.79 Å². The molecule has 0 radical (unpaired) electrons. The molecule has 0 fully saturated rings. The number of fused-ring (bicyclic) bond motifs is 1. The normalized spacial score (nSPS) is 10.9. The predicted octanol–water partition coefficient (Wildman–Crippen LogP) is 5.30. The maximum Gasteiger partial charge on any atom is 0.234 e. The number of carbonyl (C=O) groups is 1. The highest BCUT2D eigenvalue weighted by atomic mass is 35.5. The van der Waals surface area contributed by atoms with Crippen molar-refractivity contribution < 1.29 is 4.79 Å². The molecule has 1 heterocycles. The van der Waals surface area contributed by atoms with Crippen molar-refractivity contribution in [3.05, 3.63) is 52.5 Å². The highest BCUT2D eigenvalue weighted by molar-refractivity contribution is 8.01. The van der Waals surface area contributed by atoms with Crippen molar-refractivity contribution in [2.24, 2.45) is 0 Å². The Morgan fingerprint density at radius 1 is 1.22 bits per heavy atom. The fourth-order valence-electron chi connectivity index (χ4n) is 2.31. The molecule has 1 aromatic heterocycles. The Bertz CT molecular complexity index is 856. The number of thiazole rings is 1. The van der Waals surface area contributed by atoms with Gasteiger partial charge in [-0.2, -0.15) is 0 Å². The largest absolute Gasteiger partial charge is 0.325 e. The molecule has 0 saturated heterocycles. The Balaban J connectivity index is 1.63. The highest BCUT2D eigenvalue weighted by Gasteiger charge is 2.09. The van der Waals surface area contributed by atoms with Gasteiger partial charge in [0.1, 0.15) is 0 Å². The lowest BCUT2D eigenvalue weighted by Gasteiger charge is -2.06. The molecule has 3 rings (SSSR count). The van der Waals surface area contributed by atoms with Crippen molar-refractivity contribution in [3.63, 3.8) is 0 Å². The van der Waals surface area contributed by atoms with Gasteiger partial charge in [-0.05, 0) is 55.3 Å². The standard InChI is InChI=1S/C17H15ClN2OS2/c1-10-5-11(2)7-13(6-10)19-16(21)9-22-17-20-14-8-12(18)3-4-15(14)23-17/h3-8H,9H2,1-2H3,(H,19,21). The summed E-state index contributed by atoms with van der Waals surface area (Å²) in [6.07, 6.45) is 0. The Morgan fingerprint density at radius 2 is 1.96 bits per heavy atom. The van der Waals surface area contributed by atoms with E-state index in [0.717, 1.165) is 31.4 Å². The number of halogens is 1. The van der Waals surface area contributed by atoms with Crippen molar-refractivity contribution in [3.8, 4) is 0 Å². The lowest BCUT2D eigenvalue weighted by Crippen LogP contribution is -2.14. The van der Waals surface area contributed by atoms with Crippen LogP contribution in [0.2, 0.25) is 5.02 Å². The minimum atomic E-state index is -0.0303. The van der Waals surface area contributed by atoms with Crippen LogP contribution in [0, 0.1) is 13.8 Å². The van der Waals surface area contributed by atoms with Gasteiger partial charge in [0.15, 0.2) is 4.34 Å². The smallest absolute Gasteiger partial charge is 0.234 e. The van der Waals surface area contributed by atoms with E-state index in [-0.39, 0.29) is 5.91 Å². The molecule has 1 N–H and O–H groups in total. The van der Waals surface area contributed by atoms with Gasteiger partial charge in [0.05, 0.1) is 16.0 Å². The van der Waals surface area contributed by atoms with E-state index < -0.39 is 0 Å². The van der Waals surface area contributed by atoms with Gasteiger partial charge >= 0.3 is 0 Å². The number of amides is 1. The van der Waals surface area contributed by atoms with Crippen LogP contribution in [0.25, 0.3) is 10.2 Å². The molecule has 3 aromatic rings. The zero-order valence-electron chi connectivity index (χ0n) is 12.7. The van der Waals surface area contributed by atoms with Gasteiger partial charge in [-0.15, -0.1) is 11.3 Å². The Labute approximate surface area is 148 Å². The van der Waals surface area contributed by atoms with Crippen molar-refractivity contribution >= 4 is 56.5 Å². The second-order valence-electron chi connectivity index (χ2n) is 5.31. The number of rotatable bonds is 4. The molecule has 23 heavy (non-hydrogen) atoms. The van der Waals surface area contributed by atoms with Crippen LogP contribution < -0.4 is 5.32 Å². The topological polar surface area (TPSA) is 42.0 Å². The van der Waals surface area contributed by atoms with E-state index in [0.29, 0.717) is 10.8 Å². The van der Waals surface area contributed by atoms with Crippen LogP contribution in [0.5, 0.6) is 0 Å². The van der Waals surface area contributed by atoms with Crippen LogP contribution >= 0.6 is 34.7 Å². The Kier molecular flexibility index (Phi) is 4.90. The number of aromatic nitrogens is 1. The quantitative estimate of drug-likeness (QED) is 0.640. The van der Waals surface area contributed by atoms with E-state index in [1.165, 1.54) is 11.8 Å². The summed E-state index contributed by atoms with van der Waals surface area (Å²) < 4.78 is 1.95. The highest BCUT2D eigenvalue weighted by Crippen LogP contribution is 2.31. The van der Waals surface area contributed by atoms with Crippen LogP contribution in [0.3, 0.4) is 0 Å². The predicted molar refractivity (Wildman–Crippen MR) is 99.9 cm³/mol. The molecule has 0 saturated carbocycles. The van der Waals surface area contributed by atoms with E-state index in [4.69, 9.17) is 11.6 Å². The summed E-state index contributed by atoms with van der Waals surface area (Å²) in [5, 5.41) is 3.61. The van der Waals surface area contributed by atoms with Gasteiger partial charge in [-0.3, -0.25) is 4.79 Å². The SMILES string of the molecule is Cc1cc(C)cc(NC(=O)CSc2nc3cc(Cl)ccc3s2)c1. The lowest BCUT2D eigenvalue weighted by atomic mass is 10.1. The molecule has 118 valence electrons. The first-order valence-corrected chi connectivity index (χ1v) is 9.25. The number of hydrogen-bond donors (Lipinski definition) is 1. The third-order valence-electron chi connectivity index (χ3n) is 3.16. The van der Waals surface area contributed by atoms with Crippen LogP contribution in [0.1, 0.15) is 11.1 Å². The number of benzene rings is 2. The first-order valence-electron chi connectivity index (χ1n) is 7.07. The first kappa shape index (κ1) is 16.3. The summed E-state index contributed by atoms with van der Waals surface area (Å²) in [7, 11) is 0. The molecule has 0 atom stereocenters. The number of anilines is 1. The molecule has 0 bridgehead atoms. The van der Waals surface area contributed by atoms with Gasteiger partial charge in [0.25, 0.3) is 0 Å². The minimum Gasteiger partial charge on any atom is -0.325 e. The monoisotopic (exact) mass is 362 g/mol. The van der Waals surface area contributed by atoms with Crippen molar-refractivity contribution in [2.45, 2.75) is 18.2 Å². The minimum absolute atomic E-state index is 0.0303. The number of nitrogens with one attached hydrogen (secondary N) is 1. The maximum atomic E-state index is 12.1. The van der Waals surface area contributed by atoms with E-state index >= 15 is 0 Å². The maximum absolute atomic E-state index is 12.1. The molecule has 2 aromatic carbocycles. The summed E-state index contributed by atoms with van der Waals surface area (Å²) >= 11 is 8.98. The fraction of sp³-hybridized carbons (Fsp3) is 0.176. The molecule has 0 aliphatic carbocycles. The van der Waals surface area contributed by atoms with E-state index in [1.54, 1.807) is 11.3 Å². The van der Waals surface area contributed by atoms with Crippen molar-refractivity contribution in [2.75, 3.05) is 11.1 Å². The van der Waals surface area contributed by atoms with Gasteiger partial charge in [-0.25, -0.2) is 4.98 Å². The molecule has 6 heteroatoms. The van der Waals surface area contributed by atoms with Crippen LogP contribution in [0.15, 0.2) is 40.7 Å². The number of hydrogen-bond acceptors (Lipinski definition) is 4. The van der Waals surface area contributed by atoms with Gasteiger partial charge in [-0.1, -0.05) is 29.4 Å². The molecule has 0 aliphatic rings. The average molecular weight is 363 g/mol. The second-order valence-corrected chi connectivity index (χ2v) is 7.99. The summed E-state index contributed by atoms with van der Waals surface area (Å²) in [6, 6.07) is 11.7. The summed E-state index contributed by atoms with van der Waals surface area (Å²) in [4.78, 5) is 16.6. The number of thioether (sulfide) groups is 1. The third-order valence-corrected chi connectivity index (χ3v) is 5.58. The summed E-state index contributed by atoms with van der Waals surface area (Å²) in [5.41, 5.74) is 3.98. The molecule has 0 spiro atoms. The molecular weight excluding hydrogens is 348 g/mol. The fourth-order valence-corrected chi connectivity index (χ4v) is 4.33. The molecule has 1 amide bonds. The molecular formula is C17H15ClN2OS2. The number of carbonyl (C=O) groups excluding carboxylic acids is 1. The number of nitrogens with zero attached hydrogens (tertiary/aromatic N) is 1. The zero-order valence-corrected chi connectivity index (χ0v) is 15.1. The number of aryl methyl sites for hydroxylation is 2. The van der Waals surface area contributed by atoms with Crippen LogP contribution in [-0.4, -0.2) is 16.6 Å². The lowest BCUT2D eigenvalue weighted by molar-refractivity contribution is -0.113. The van der Waals surface area contributed by atoms with E-state index in [1.807, 2.05) is 44.2 Å². The first-order chi connectivity index (χ1) is 11.0. The van der Waals surface area contributed by atoms with Crippen LogP contribution in [-0.2, 0) is 4.79 Å². The van der Waals surface area contributed by atoms with Crippen LogP contribution in [0.4, 0.5) is 5.69 Å². The van der Waals surface area contributed by atoms with Crippen molar-refractivity contribution in [1.29, 1.82) is 0 Å². The average Bonchev–Trinajstić information content (AvgIpc) is 2.86. The summed E-state index contributed by atoms with van der Waals surface area (Å²) in [5.74, 6) is 0.304. The zero-order chi connectivity index (χ0) is 16.4. The van der Waals surface area contributed by atoms with Crippen molar-refractivity contribution in [1.82, 2.24) is 4.98 Å². The Morgan fingerprint density at radius 3 is 2.70 bits per heavy atom. The Hall–Kier alpha value is -1.56. The molecule has 0 aliphatic heterocycles. The van der Waals surface area contributed by atoms with Gasteiger partial charge in [0.2, 0.25) is 5.91 Å². The second kappa shape index (κ2) is 6.91. The third kappa shape index (κ3) is 4.25. The molecule has 3 nitrogen and oxygen atoms in total. The summed E-state index contributed by atoms with van der Waals surface area (Å²) in [6.45, 7) is 4.04. The van der Waals surface area contributed by atoms with Gasteiger partial charge < -0.3 is 5.32 Å².